The Bertz CT molecular complexity index is 2770. The number of hydrogen-bond donors (Lipinski definition) is 14. The number of carboxylic acid groups (broad SMARTS) is 6. The fourth-order valence-electron chi connectivity index (χ4n) is 10.9. The molecule has 1 aliphatic carbocycles. The molecule has 0 bridgehead atoms. The highest BCUT2D eigenvalue weighted by Crippen LogP contribution is 2.50. The first-order chi connectivity index (χ1) is 38.0. The predicted octanol–water partition coefficient (Wildman–Crippen LogP) is -1.65. The van der Waals surface area contributed by atoms with Crippen LogP contribution in [-0.4, -0.2) is 243 Å². The van der Waals surface area contributed by atoms with Crippen LogP contribution in [0.15, 0.2) is 83.3 Å². The number of aliphatic hydroxyl groups excluding tert-OH is 8. The van der Waals surface area contributed by atoms with E-state index in [-0.39, 0.29) is 56.9 Å². The molecule has 5 atom stereocenters. The fourth-order valence-corrected chi connectivity index (χ4v) is 10.9. The van der Waals surface area contributed by atoms with Crippen molar-refractivity contribution in [1.82, 2.24) is 9.80 Å². The summed E-state index contributed by atoms with van der Waals surface area (Å²) in [5, 5.41) is 145. The number of rotatable bonds is 30. The number of anilines is 1. The van der Waals surface area contributed by atoms with Gasteiger partial charge in [0, 0.05) is 55.1 Å². The van der Waals surface area contributed by atoms with E-state index in [9.17, 15) is 100 Å². The van der Waals surface area contributed by atoms with Crippen LogP contribution in [0.2, 0.25) is 0 Å². The van der Waals surface area contributed by atoms with Crippen molar-refractivity contribution in [2.24, 2.45) is 0 Å². The lowest BCUT2D eigenvalue weighted by atomic mass is 9.78. The summed E-state index contributed by atoms with van der Waals surface area (Å²) in [6.07, 6.45) is -1.87. The Kier molecular flexibility index (Phi) is 21.4. The van der Waals surface area contributed by atoms with E-state index in [0.717, 1.165) is 0 Å². The second kappa shape index (κ2) is 27.5. The molecule has 3 aliphatic heterocycles. The highest BCUT2D eigenvalue weighted by molar-refractivity contribution is 6.04. The third kappa shape index (κ3) is 14.3. The Morgan fingerprint density at radius 2 is 1.23 bits per heavy atom. The van der Waals surface area contributed by atoms with E-state index in [1.807, 2.05) is 0 Å². The topological polar surface area (TPSA) is 417 Å². The molecule has 4 aliphatic rings. The molecule has 5 unspecified atom stereocenters. The van der Waals surface area contributed by atoms with Gasteiger partial charge < -0.3 is 85.9 Å². The van der Waals surface area contributed by atoms with E-state index < -0.39 is 149 Å². The molecule has 436 valence electrons. The van der Waals surface area contributed by atoms with Gasteiger partial charge in [0.25, 0.3) is 0 Å². The number of fused-ring (bicyclic) bond motifs is 2. The molecule has 26 nitrogen and oxygen atoms in total. The smallest absolute Gasteiger partial charge is 0.317 e. The Morgan fingerprint density at radius 1 is 0.675 bits per heavy atom. The number of allylic oxidation sites excluding steroid dienone is 6. The van der Waals surface area contributed by atoms with Crippen LogP contribution in [0.4, 0.5) is 11.4 Å². The van der Waals surface area contributed by atoms with Gasteiger partial charge >= 0.3 is 35.8 Å². The van der Waals surface area contributed by atoms with Crippen LogP contribution >= 0.6 is 0 Å². The number of nitrogens with zero attached hydrogens (tertiary/aromatic N) is 4. The summed E-state index contributed by atoms with van der Waals surface area (Å²) < 4.78 is 13.7. The quantitative estimate of drug-likeness (QED) is 0.0390. The summed E-state index contributed by atoms with van der Waals surface area (Å²) in [7, 11) is 0. The highest BCUT2D eigenvalue weighted by atomic mass is 16.6. The minimum atomic E-state index is -1.93. The van der Waals surface area contributed by atoms with Gasteiger partial charge in [-0.15, -0.1) is 0 Å². The summed E-state index contributed by atoms with van der Waals surface area (Å²) in [6, 6.07) is 9.49. The SMILES string of the molecule is O=C(O)Cc1ccc2c(c1)C(CO)(CO)C(/C=C/C=C1\CCCC(/C=C3\N(CCCN(CC(=O)O)CC(=O)O)c4ccc(CC(=O)O)cc4C3(CO)CO)=C1OCC1OC(O)C(O)C(O)C1O)=[N+]2CCCN(CC(=O)O)CC(=O)O. The lowest BCUT2D eigenvalue weighted by molar-refractivity contribution is -0.438. The maximum Gasteiger partial charge on any atom is 0.317 e. The second-order valence-corrected chi connectivity index (χ2v) is 20.2. The largest absolute Gasteiger partial charge is 0.490 e. The number of aliphatic hydroxyl groups is 8. The van der Waals surface area contributed by atoms with Crippen molar-refractivity contribution in [2.45, 2.75) is 86.5 Å². The van der Waals surface area contributed by atoms with Crippen molar-refractivity contribution in [3.05, 3.63) is 106 Å². The highest BCUT2D eigenvalue weighted by Gasteiger charge is 2.52. The van der Waals surface area contributed by atoms with Crippen LogP contribution in [0, 0.1) is 0 Å². The minimum absolute atomic E-state index is 0.00221. The van der Waals surface area contributed by atoms with Gasteiger partial charge in [0.15, 0.2) is 18.5 Å². The molecule has 1 saturated heterocycles. The molecule has 2 aromatic rings. The van der Waals surface area contributed by atoms with E-state index >= 15 is 0 Å². The van der Waals surface area contributed by atoms with Gasteiger partial charge in [0.1, 0.15) is 42.2 Å². The van der Waals surface area contributed by atoms with E-state index in [0.29, 0.717) is 63.3 Å². The molecule has 6 rings (SSSR count). The molecule has 0 saturated carbocycles. The van der Waals surface area contributed by atoms with Crippen LogP contribution in [0.3, 0.4) is 0 Å². The van der Waals surface area contributed by atoms with Crippen LogP contribution in [-0.2, 0) is 61.9 Å². The monoisotopic (exact) mass is 1130 g/mol. The molecule has 0 amide bonds. The zero-order chi connectivity index (χ0) is 58.6. The molecule has 1 fully saturated rings. The first kappa shape index (κ1) is 62.3. The second-order valence-electron chi connectivity index (χ2n) is 20.2. The molecule has 0 aromatic heterocycles. The number of carbonyl (C=O) groups is 6. The van der Waals surface area contributed by atoms with Crippen molar-refractivity contribution in [2.75, 3.05) is 90.3 Å². The molecular formula is C54H69N4O22+. The third-order valence-corrected chi connectivity index (χ3v) is 14.7. The van der Waals surface area contributed by atoms with E-state index in [1.54, 1.807) is 70.2 Å². The van der Waals surface area contributed by atoms with Gasteiger partial charge in [0.2, 0.25) is 5.69 Å². The number of carboxylic acids is 6. The maximum absolute atomic E-state index is 11.9. The Labute approximate surface area is 458 Å². The molecule has 2 aromatic carbocycles. The standard InChI is InChI=1S/C54H68N4O22/c59-27-53(28-60)35-17-31(19-42(63)64)9-11-37(35)57(15-3-13-55(22-44(67)68)23-45(69)70)40(53)8-2-6-33-5-1-7-34(51(33)79-26-39-48(75)49(76)50(77)52(78)80-39)21-41-54(29-61,30-62)36-18-32(20-43(65)66)10-12-38(36)58(41)16-4-14-56(24-46(71)72)25-47(73)74/h2,6,8-12,17-18,21,39,48-50,52,59-62,75-78H,1,3-5,7,13-16,19-20,22-30H2,(H5-,63,64,65,66,67,68,69,70,71,72,73,74)/p+1. The summed E-state index contributed by atoms with van der Waals surface area (Å²) in [4.78, 5) is 74.5. The molecule has 14 N–H and O–H groups in total. The van der Waals surface area contributed by atoms with Crippen LogP contribution < -0.4 is 4.90 Å². The van der Waals surface area contributed by atoms with Crippen molar-refractivity contribution < 1.29 is 114 Å². The van der Waals surface area contributed by atoms with Crippen LogP contribution in [0.1, 0.15) is 54.4 Å². The Hall–Kier alpha value is -6.95. The van der Waals surface area contributed by atoms with E-state index in [4.69, 9.17) is 9.47 Å². The first-order valence-corrected chi connectivity index (χ1v) is 25.7. The van der Waals surface area contributed by atoms with Gasteiger partial charge in [-0.2, -0.15) is 4.58 Å². The summed E-state index contributed by atoms with van der Waals surface area (Å²) >= 11 is 0. The average Bonchev–Trinajstić information content (AvgIpc) is 4.03. The van der Waals surface area contributed by atoms with Gasteiger partial charge in [-0.05, 0) is 71.7 Å². The molecular weight excluding hydrogens is 1060 g/mol. The van der Waals surface area contributed by atoms with Gasteiger partial charge in [-0.3, -0.25) is 38.6 Å². The summed E-state index contributed by atoms with van der Waals surface area (Å²) in [5.41, 5.74) is 0.634. The van der Waals surface area contributed by atoms with Gasteiger partial charge in [0.05, 0.1) is 70.9 Å². The maximum atomic E-state index is 11.9. The van der Waals surface area contributed by atoms with Crippen molar-refractivity contribution in [1.29, 1.82) is 0 Å². The van der Waals surface area contributed by atoms with Crippen molar-refractivity contribution in [3.8, 4) is 0 Å². The molecule has 3 heterocycles. The van der Waals surface area contributed by atoms with Gasteiger partial charge in [-0.1, -0.05) is 30.4 Å². The van der Waals surface area contributed by atoms with Crippen LogP contribution in [0.25, 0.3) is 0 Å². The van der Waals surface area contributed by atoms with E-state index in [1.165, 1.54) is 9.80 Å². The van der Waals surface area contributed by atoms with Crippen molar-refractivity contribution >= 4 is 52.9 Å². The normalized spacial score (nSPS) is 22.4. The summed E-state index contributed by atoms with van der Waals surface area (Å²) in [6.45, 7) is -5.58. The van der Waals surface area contributed by atoms with Crippen molar-refractivity contribution in [3.63, 3.8) is 0 Å². The first-order valence-electron chi connectivity index (χ1n) is 25.7. The summed E-state index contributed by atoms with van der Waals surface area (Å²) in [5.74, 6) is -7.19. The molecule has 26 heteroatoms. The number of hydrogen-bond acceptors (Lipinski definition) is 19. The molecule has 80 heavy (non-hydrogen) atoms. The number of ether oxygens (including phenoxy) is 2. The molecule has 0 radical (unpaired) electrons. The number of aliphatic carboxylic acids is 6. The fraction of sp³-hybridized carbons (Fsp3) is 0.500. The lowest BCUT2D eigenvalue weighted by Gasteiger charge is -2.38. The van der Waals surface area contributed by atoms with Gasteiger partial charge in [-0.25, -0.2) is 0 Å². The minimum Gasteiger partial charge on any atom is -0.490 e. The van der Waals surface area contributed by atoms with Crippen LogP contribution in [0.5, 0.6) is 0 Å². The lowest BCUT2D eigenvalue weighted by Crippen LogP contribution is -2.58. The Balaban J connectivity index is 1.52. The zero-order valence-electron chi connectivity index (χ0n) is 43.6. The molecule has 0 spiro atoms. The average molecular weight is 1130 g/mol. The van der Waals surface area contributed by atoms with E-state index in [2.05, 4.69) is 0 Å². The Morgan fingerprint density at radius 3 is 1.77 bits per heavy atom. The zero-order valence-corrected chi connectivity index (χ0v) is 43.6. The number of benzene rings is 2. The third-order valence-electron chi connectivity index (χ3n) is 14.7. The predicted molar refractivity (Wildman–Crippen MR) is 278 cm³/mol.